The Bertz CT molecular complexity index is 778. The zero-order valence-electron chi connectivity index (χ0n) is 17.1. The van der Waals surface area contributed by atoms with E-state index < -0.39 is 0 Å². The summed E-state index contributed by atoms with van der Waals surface area (Å²) in [6, 6.07) is 11.1. The second-order valence-electron chi connectivity index (χ2n) is 7.54. The lowest BCUT2D eigenvalue weighted by Crippen LogP contribution is -2.42. The van der Waals surface area contributed by atoms with E-state index in [4.69, 9.17) is 9.73 Å². The molecule has 0 amide bonds. The molecule has 3 rings (SSSR count). The summed E-state index contributed by atoms with van der Waals surface area (Å²) in [5.74, 6) is 0.682. The van der Waals surface area contributed by atoms with Gasteiger partial charge in [-0.2, -0.15) is 0 Å². The van der Waals surface area contributed by atoms with Gasteiger partial charge < -0.3 is 19.5 Å². The predicted octanol–water partition coefficient (Wildman–Crippen LogP) is 3.31. The number of aliphatic imine (C=N–C) groups is 1. The minimum absolute atomic E-state index is 0.113. The molecule has 0 bridgehead atoms. The fraction of sp³-hybridized carbons (Fsp3) is 0.500. The molecule has 152 valence electrons. The Morgan fingerprint density at radius 2 is 1.96 bits per heavy atom. The molecule has 2 heterocycles. The Labute approximate surface area is 167 Å². The van der Waals surface area contributed by atoms with Crippen molar-refractivity contribution < 1.29 is 9.13 Å². The number of nitrogens with zero attached hydrogens (tertiary/aromatic N) is 3. The summed E-state index contributed by atoms with van der Waals surface area (Å²) in [7, 11) is 4.11. The van der Waals surface area contributed by atoms with E-state index in [0.717, 1.165) is 37.5 Å². The Balaban J connectivity index is 1.81. The molecule has 1 aliphatic rings. The van der Waals surface area contributed by atoms with Crippen molar-refractivity contribution in [3.05, 3.63) is 59.7 Å². The normalized spacial score (nSPS) is 16.8. The number of guanidine groups is 1. The van der Waals surface area contributed by atoms with E-state index in [1.165, 1.54) is 5.69 Å². The zero-order chi connectivity index (χ0) is 20.0. The van der Waals surface area contributed by atoms with Crippen molar-refractivity contribution in [3.8, 4) is 0 Å². The summed E-state index contributed by atoms with van der Waals surface area (Å²) in [5, 5.41) is 3.41. The number of aromatic nitrogens is 1. The number of aryl methyl sites for hydroxylation is 1. The van der Waals surface area contributed by atoms with Gasteiger partial charge in [0.05, 0.1) is 13.1 Å². The highest BCUT2D eigenvalue weighted by Crippen LogP contribution is 2.35. The van der Waals surface area contributed by atoms with Gasteiger partial charge in [-0.25, -0.2) is 4.39 Å². The third-order valence-electron chi connectivity index (χ3n) is 5.58. The van der Waals surface area contributed by atoms with E-state index in [1.54, 1.807) is 12.1 Å². The van der Waals surface area contributed by atoms with Crippen LogP contribution in [0.3, 0.4) is 0 Å². The van der Waals surface area contributed by atoms with Crippen molar-refractivity contribution in [1.29, 1.82) is 0 Å². The van der Waals surface area contributed by atoms with E-state index in [9.17, 15) is 4.39 Å². The van der Waals surface area contributed by atoms with Crippen LogP contribution in [0.25, 0.3) is 0 Å². The van der Waals surface area contributed by atoms with Crippen molar-refractivity contribution in [2.45, 2.75) is 31.7 Å². The Morgan fingerprint density at radius 1 is 1.25 bits per heavy atom. The monoisotopic (exact) mass is 386 g/mol. The molecule has 0 radical (unpaired) electrons. The molecule has 2 aromatic rings. The van der Waals surface area contributed by atoms with Crippen LogP contribution in [0, 0.1) is 5.82 Å². The van der Waals surface area contributed by atoms with Gasteiger partial charge in [-0.1, -0.05) is 12.1 Å². The van der Waals surface area contributed by atoms with E-state index in [2.05, 4.69) is 54.1 Å². The molecule has 1 aromatic heterocycles. The fourth-order valence-electron chi connectivity index (χ4n) is 3.78. The molecule has 0 aliphatic carbocycles. The summed E-state index contributed by atoms with van der Waals surface area (Å²) in [6.45, 7) is 5.74. The van der Waals surface area contributed by atoms with Crippen LogP contribution in [0.2, 0.25) is 0 Å². The number of hydrogen-bond donors (Lipinski definition) is 1. The number of hydrogen-bond acceptors (Lipinski definition) is 2. The summed E-state index contributed by atoms with van der Waals surface area (Å²) < 4.78 is 21.2. The Hall–Kier alpha value is -2.34. The minimum Gasteiger partial charge on any atom is -0.381 e. The van der Waals surface area contributed by atoms with Crippen LogP contribution >= 0.6 is 0 Å². The first-order chi connectivity index (χ1) is 13.5. The highest BCUT2D eigenvalue weighted by Gasteiger charge is 2.34. The second-order valence-corrected chi connectivity index (χ2v) is 7.54. The fourth-order valence-corrected chi connectivity index (χ4v) is 3.78. The lowest BCUT2D eigenvalue weighted by atomic mass is 9.74. The van der Waals surface area contributed by atoms with Crippen LogP contribution in [-0.4, -0.2) is 48.8 Å². The van der Waals surface area contributed by atoms with E-state index in [0.29, 0.717) is 19.8 Å². The van der Waals surface area contributed by atoms with Crippen LogP contribution in [0.5, 0.6) is 0 Å². The minimum atomic E-state index is -0.204. The van der Waals surface area contributed by atoms with Gasteiger partial charge in [-0.15, -0.1) is 0 Å². The van der Waals surface area contributed by atoms with Gasteiger partial charge in [0.15, 0.2) is 5.96 Å². The van der Waals surface area contributed by atoms with Crippen LogP contribution in [0.15, 0.2) is 47.6 Å². The predicted molar refractivity (Wildman–Crippen MR) is 111 cm³/mol. The lowest BCUT2D eigenvalue weighted by Gasteiger charge is -2.37. The maximum atomic E-state index is 13.4. The molecule has 1 fully saturated rings. The van der Waals surface area contributed by atoms with Crippen molar-refractivity contribution in [3.63, 3.8) is 0 Å². The van der Waals surface area contributed by atoms with Crippen LogP contribution < -0.4 is 5.32 Å². The molecule has 1 aliphatic heterocycles. The highest BCUT2D eigenvalue weighted by atomic mass is 19.1. The van der Waals surface area contributed by atoms with Crippen molar-refractivity contribution in [2.75, 3.05) is 33.4 Å². The molecule has 1 N–H and O–H groups in total. The molecule has 0 spiro atoms. The van der Waals surface area contributed by atoms with Crippen LogP contribution in [0.4, 0.5) is 4.39 Å². The average molecular weight is 387 g/mol. The average Bonchev–Trinajstić information content (AvgIpc) is 3.10. The summed E-state index contributed by atoms with van der Waals surface area (Å²) >= 11 is 0. The molecule has 1 aromatic carbocycles. The molecule has 0 atom stereocenters. The first-order valence-corrected chi connectivity index (χ1v) is 9.97. The number of rotatable bonds is 6. The maximum absolute atomic E-state index is 13.4. The van der Waals surface area contributed by atoms with E-state index in [1.807, 2.05) is 12.1 Å². The zero-order valence-corrected chi connectivity index (χ0v) is 17.1. The quantitative estimate of drug-likeness (QED) is 0.612. The molecular formula is C22H31FN4O. The number of benzene rings is 1. The molecule has 28 heavy (non-hydrogen) atoms. The van der Waals surface area contributed by atoms with E-state index in [-0.39, 0.29) is 11.2 Å². The third-order valence-corrected chi connectivity index (χ3v) is 5.58. The van der Waals surface area contributed by atoms with Gasteiger partial charge in [0, 0.05) is 51.2 Å². The smallest absolute Gasteiger partial charge is 0.194 e. The van der Waals surface area contributed by atoms with Gasteiger partial charge in [0.1, 0.15) is 5.82 Å². The van der Waals surface area contributed by atoms with Gasteiger partial charge in [0.2, 0.25) is 0 Å². The van der Waals surface area contributed by atoms with Gasteiger partial charge >= 0.3 is 0 Å². The summed E-state index contributed by atoms with van der Waals surface area (Å²) in [5.41, 5.74) is 2.26. The third kappa shape index (κ3) is 4.73. The molecular weight excluding hydrogens is 355 g/mol. The van der Waals surface area contributed by atoms with Crippen molar-refractivity contribution in [1.82, 2.24) is 14.8 Å². The Kier molecular flexibility index (Phi) is 6.73. The number of nitrogens with one attached hydrogen (secondary N) is 1. The molecule has 5 nitrogen and oxygen atoms in total. The van der Waals surface area contributed by atoms with Gasteiger partial charge in [0.25, 0.3) is 0 Å². The van der Waals surface area contributed by atoms with Gasteiger partial charge in [-0.3, -0.25) is 4.99 Å². The molecule has 1 saturated heterocycles. The maximum Gasteiger partial charge on any atom is 0.194 e. The summed E-state index contributed by atoms with van der Waals surface area (Å²) in [6.07, 6.45) is 3.84. The Morgan fingerprint density at radius 3 is 2.57 bits per heavy atom. The van der Waals surface area contributed by atoms with Crippen molar-refractivity contribution >= 4 is 5.96 Å². The van der Waals surface area contributed by atoms with Gasteiger partial charge in [-0.05, 0) is 49.6 Å². The molecule has 6 heteroatoms. The largest absolute Gasteiger partial charge is 0.381 e. The molecule has 0 saturated carbocycles. The standard InChI is InChI=1S/C22H31FN4O/c1-4-24-21(27(3)16-20-6-5-13-26(20)2)25-17-22(11-14-28-15-12-22)18-7-9-19(23)10-8-18/h5-10,13H,4,11-12,14-17H2,1-3H3,(H,24,25). The lowest BCUT2D eigenvalue weighted by molar-refractivity contribution is 0.0530. The first kappa shape index (κ1) is 20.4. The van der Waals surface area contributed by atoms with Crippen LogP contribution in [0.1, 0.15) is 31.0 Å². The highest BCUT2D eigenvalue weighted by molar-refractivity contribution is 5.79. The summed E-state index contributed by atoms with van der Waals surface area (Å²) in [4.78, 5) is 7.14. The first-order valence-electron chi connectivity index (χ1n) is 9.97. The van der Waals surface area contributed by atoms with Crippen molar-refractivity contribution in [2.24, 2.45) is 12.0 Å². The molecule has 0 unspecified atom stereocenters. The topological polar surface area (TPSA) is 41.8 Å². The second kappa shape index (κ2) is 9.24. The number of halogens is 1. The van der Waals surface area contributed by atoms with E-state index >= 15 is 0 Å². The SMILES string of the molecule is CCNC(=NCC1(c2ccc(F)cc2)CCOCC1)N(C)Cc1cccn1C. The van der Waals surface area contributed by atoms with Crippen LogP contribution in [-0.2, 0) is 23.7 Å². The number of ether oxygens (including phenoxy) is 1.